The third-order valence-electron chi connectivity index (χ3n) is 18.2. The Morgan fingerprint density at radius 1 is 0.244 bits per heavy atom. The van der Waals surface area contributed by atoms with Gasteiger partial charge in [-0.05, 0) is 166 Å². The zero-order valence-corrected chi connectivity index (χ0v) is 49.7. The predicted octanol–water partition coefficient (Wildman–Crippen LogP) is 24.3. The van der Waals surface area contributed by atoms with Gasteiger partial charge in [-0.2, -0.15) is 0 Å². The lowest BCUT2D eigenvalue weighted by molar-refractivity contribution is 0.669. The topological polar surface area (TPSA) is 34.5 Å². The molecule has 0 saturated heterocycles. The maximum absolute atomic E-state index is 6.47. The van der Waals surface area contributed by atoms with Crippen LogP contribution in [0.25, 0.3) is 149 Å². The van der Waals surface area contributed by atoms with Gasteiger partial charge < -0.3 is 18.3 Å². The van der Waals surface area contributed by atoms with Crippen molar-refractivity contribution >= 4 is 82.7 Å². The zero-order valence-electron chi connectivity index (χ0n) is 49.7. The van der Waals surface area contributed by atoms with Gasteiger partial charge in [0.05, 0.1) is 11.0 Å². The van der Waals surface area contributed by atoms with Crippen molar-refractivity contribution < 1.29 is 8.83 Å². The number of aryl methyl sites for hydroxylation is 2. The van der Waals surface area contributed by atoms with Crippen LogP contribution in [0.4, 0.5) is 17.1 Å². The fourth-order valence-corrected chi connectivity index (χ4v) is 13.4. The summed E-state index contributed by atoms with van der Waals surface area (Å²) in [4.78, 5) is 2.35. The minimum absolute atomic E-state index is 0.902. The lowest BCUT2D eigenvalue weighted by Crippen LogP contribution is -2.09. The molecule has 0 radical (unpaired) electrons. The Bertz CT molecular complexity index is 5230. The number of nitrogens with zero attached hydrogens (tertiary/aromatic N) is 2. The van der Waals surface area contributed by atoms with Gasteiger partial charge in [0.25, 0.3) is 0 Å². The first-order chi connectivity index (χ1) is 44.4. The second kappa shape index (κ2) is 21.6. The maximum atomic E-state index is 6.47. The van der Waals surface area contributed by atoms with E-state index in [4.69, 9.17) is 8.83 Å². The first-order valence-corrected chi connectivity index (χ1v) is 30.8. The summed E-state index contributed by atoms with van der Waals surface area (Å²) in [7, 11) is 0. The van der Waals surface area contributed by atoms with E-state index in [0.717, 1.165) is 133 Å². The molecule has 0 aliphatic heterocycles. The lowest BCUT2D eigenvalue weighted by Gasteiger charge is -2.26. The van der Waals surface area contributed by atoms with E-state index in [1.165, 1.54) is 44.2 Å². The SMILES string of the molecule is Cc1ccc(-c2ccc(N(c3ccc(-c4ccc(C)cc4)cc3)c3ccc(-c4ccc(-n5c6ccc(-c7ccc(-c8cccc9c8oc8ccccc89)cc7)cc6c6cc(-c7ccc(-c8cccc9c8oc8ccccc89)cc7)ccc65)cc4)cc3)cc2)cc1. The minimum Gasteiger partial charge on any atom is -0.455 e. The molecule has 0 aliphatic rings. The summed E-state index contributed by atoms with van der Waals surface area (Å²) in [6, 6.07) is 115. The molecule has 0 saturated carbocycles. The number of aromatic nitrogens is 1. The van der Waals surface area contributed by atoms with Crippen LogP contribution in [0, 0.1) is 13.8 Å². The fraction of sp³-hybridized carbons (Fsp3) is 0.0233. The van der Waals surface area contributed by atoms with Crippen LogP contribution in [-0.2, 0) is 0 Å². The van der Waals surface area contributed by atoms with Crippen LogP contribution in [0.1, 0.15) is 11.1 Å². The molecule has 90 heavy (non-hydrogen) atoms. The Morgan fingerprint density at radius 3 is 0.933 bits per heavy atom. The van der Waals surface area contributed by atoms with Gasteiger partial charge >= 0.3 is 0 Å². The summed E-state index contributed by atoms with van der Waals surface area (Å²) in [5.74, 6) is 0. The summed E-state index contributed by atoms with van der Waals surface area (Å²) in [6.07, 6.45) is 0. The molecule has 0 aliphatic carbocycles. The van der Waals surface area contributed by atoms with Crippen molar-refractivity contribution in [1.29, 1.82) is 0 Å². The summed E-state index contributed by atoms with van der Waals surface area (Å²) >= 11 is 0. The molecule has 17 rings (SSSR count). The molecule has 3 aromatic heterocycles. The van der Waals surface area contributed by atoms with Crippen LogP contribution in [-0.4, -0.2) is 4.57 Å². The van der Waals surface area contributed by atoms with Crippen molar-refractivity contribution in [3.63, 3.8) is 0 Å². The lowest BCUT2D eigenvalue weighted by atomic mass is 9.97. The molecule has 17 aromatic rings. The van der Waals surface area contributed by atoms with Gasteiger partial charge in [0.15, 0.2) is 0 Å². The summed E-state index contributed by atoms with van der Waals surface area (Å²) < 4.78 is 15.4. The van der Waals surface area contributed by atoms with E-state index in [-0.39, 0.29) is 0 Å². The van der Waals surface area contributed by atoms with Gasteiger partial charge in [0.1, 0.15) is 22.3 Å². The van der Waals surface area contributed by atoms with E-state index in [1.807, 2.05) is 24.3 Å². The average molecular weight is 1150 g/mol. The van der Waals surface area contributed by atoms with Crippen molar-refractivity contribution in [3.05, 3.63) is 327 Å². The second-order valence-electron chi connectivity index (χ2n) is 23.8. The molecular weight excluding hydrogens is 1090 g/mol. The normalized spacial score (nSPS) is 11.7. The number of rotatable bonds is 11. The smallest absolute Gasteiger partial charge is 0.143 e. The van der Waals surface area contributed by atoms with Crippen LogP contribution in [0.3, 0.4) is 0 Å². The molecule has 14 aromatic carbocycles. The fourth-order valence-electron chi connectivity index (χ4n) is 13.4. The highest BCUT2D eigenvalue weighted by Crippen LogP contribution is 2.43. The monoisotopic (exact) mass is 1150 g/mol. The number of hydrogen-bond acceptors (Lipinski definition) is 3. The van der Waals surface area contributed by atoms with Crippen molar-refractivity contribution in [2.45, 2.75) is 13.8 Å². The zero-order chi connectivity index (χ0) is 59.8. The van der Waals surface area contributed by atoms with Crippen molar-refractivity contribution in [2.24, 2.45) is 0 Å². The number of benzene rings is 14. The van der Waals surface area contributed by atoms with Crippen LogP contribution in [0.5, 0.6) is 0 Å². The first kappa shape index (κ1) is 52.6. The van der Waals surface area contributed by atoms with Crippen LogP contribution < -0.4 is 4.90 Å². The quantitative estimate of drug-likeness (QED) is 0.129. The number of furan rings is 2. The van der Waals surface area contributed by atoms with Crippen LogP contribution in [0.15, 0.2) is 324 Å². The first-order valence-electron chi connectivity index (χ1n) is 30.8. The molecule has 0 amide bonds. The molecule has 0 N–H and O–H groups in total. The molecule has 0 atom stereocenters. The minimum atomic E-state index is 0.902. The highest BCUT2D eigenvalue weighted by atomic mass is 16.3. The van der Waals surface area contributed by atoms with Gasteiger partial charge in [0, 0.05) is 66.2 Å². The summed E-state index contributed by atoms with van der Waals surface area (Å²) in [5.41, 5.74) is 28.9. The van der Waals surface area contributed by atoms with Gasteiger partial charge in [0.2, 0.25) is 0 Å². The van der Waals surface area contributed by atoms with E-state index in [0.29, 0.717) is 0 Å². The van der Waals surface area contributed by atoms with Gasteiger partial charge in [-0.3, -0.25) is 0 Å². The van der Waals surface area contributed by atoms with Crippen molar-refractivity contribution in [3.8, 4) is 83.6 Å². The Hall–Kier alpha value is -11.7. The van der Waals surface area contributed by atoms with Crippen LogP contribution >= 0.6 is 0 Å². The molecule has 0 bridgehead atoms. The molecule has 4 heteroatoms. The Labute approximate surface area is 522 Å². The third-order valence-corrected chi connectivity index (χ3v) is 18.2. The number of hydrogen-bond donors (Lipinski definition) is 0. The van der Waals surface area contributed by atoms with Crippen molar-refractivity contribution in [2.75, 3.05) is 4.90 Å². The van der Waals surface area contributed by atoms with E-state index >= 15 is 0 Å². The summed E-state index contributed by atoms with van der Waals surface area (Å²) in [6.45, 7) is 4.26. The molecule has 3 heterocycles. The maximum Gasteiger partial charge on any atom is 0.143 e. The van der Waals surface area contributed by atoms with Crippen molar-refractivity contribution in [1.82, 2.24) is 4.57 Å². The highest BCUT2D eigenvalue weighted by Gasteiger charge is 2.19. The van der Waals surface area contributed by atoms with Gasteiger partial charge in [-0.15, -0.1) is 0 Å². The molecule has 4 nitrogen and oxygen atoms in total. The third kappa shape index (κ3) is 9.24. The molecule has 0 spiro atoms. The number of anilines is 3. The molecule has 0 unspecified atom stereocenters. The Morgan fingerprint density at radius 2 is 0.544 bits per heavy atom. The van der Waals surface area contributed by atoms with E-state index in [9.17, 15) is 0 Å². The number of fused-ring (bicyclic) bond motifs is 9. The Kier molecular flexibility index (Phi) is 12.6. The standard InChI is InChI=1S/C86H58N2O2/c1-55-17-21-57(22-18-55)59-33-43-69(44-34-59)87(70-45-35-60(36-46-70)58-23-19-56(2)20-24-58)71-47-37-61(38-48-71)62-39-49-72(50-40-62)88-81-51-41-67(63-25-29-65(30-26-63)73-11-7-13-77-75-9-3-5-15-83(75)89-85(73)77)53-79(81)80-54-68(42-52-82(80)88)64-27-31-66(32-28-64)74-12-8-14-78-76-10-4-6-16-84(76)90-86(74)78/h3-54H,1-2H3. The average Bonchev–Trinajstić information content (AvgIpc) is 1.90. The second-order valence-corrected chi connectivity index (χ2v) is 23.8. The van der Waals surface area contributed by atoms with E-state index in [2.05, 4.69) is 315 Å². The molecule has 0 fully saturated rings. The van der Waals surface area contributed by atoms with Gasteiger partial charge in [-0.25, -0.2) is 0 Å². The number of para-hydroxylation sites is 4. The van der Waals surface area contributed by atoms with Crippen LogP contribution in [0.2, 0.25) is 0 Å². The largest absolute Gasteiger partial charge is 0.455 e. The van der Waals surface area contributed by atoms with E-state index in [1.54, 1.807) is 0 Å². The van der Waals surface area contributed by atoms with E-state index < -0.39 is 0 Å². The van der Waals surface area contributed by atoms with Gasteiger partial charge in [-0.1, -0.05) is 242 Å². The molecule has 424 valence electrons. The predicted molar refractivity (Wildman–Crippen MR) is 378 cm³/mol. The Balaban J connectivity index is 0.719. The highest BCUT2D eigenvalue weighted by molar-refractivity contribution is 6.13. The summed E-state index contributed by atoms with van der Waals surface area (Å²) in [5, 5.41) is 6.90. The molecular formula is C86H58N2O2.